The predicted octanol–water partition coefficient (Wildman–Crippen LogP) is 1.74. The molecule has 0 fully saturated rings. The van der Waals surface area contributed by atoms with Gasteiger partial charge in [-0.3, -0.25) is 0 Å². The highest BCUT2D eigenvalue weighted by atomic mass is 16.4. The van der Waals surface area contributed by atoms with Crippen molar-refractivity contribution in [1.29, 1.82) is 5.26 Å². The normalized spacial score (nSPS) is 9.93. The van der Waals surface area contributed by atoms with E-state index in [1.165, 1.54) is 12.1 Å². The molecule has 0 aliphatic carbocycles. The number of nitrogens with one attached hydrogen (secondary N) is 1. The molecule has 1 aromatic carbocycles. The molecular weight excluding hydrogens is 180 g/mol. The molecule has 0 aliphatic rings. The lowest BCUT2D eigenvalue weighted by Crippen LogP contribution is -1.94. The van der Waals surface area contributed by atoms with Crippen LogP contribution in [0.15, 0.2) is 24.3 Å². The summed E-state index contributed by atoms with van der Waals surface area (Å²) in [4.78, 5) is 13.5. The van der Waals surface area contributed by atoms with Crippen LogP contribution in [-0.4, -0.2) is 16.1 Å². The maximum atomic E-state index is 10.6. The molecule has 0 saturated heterocycles. The first-order valence-corrected chi connectivity index (χ1v) is 3.97. The van der Waals surface area contributed by atoms with Gasteiger partial charge in [0.15, 0.2) is 0 Å². The van der Waals surface area contributed by atoms with E-state index in [0.29, 0.717) is 11.2 Å². The summed E-state index contributed by atoms with van der Waals surface area (Å²) in [5, 5.41) is 18.2. The lowest BCUT2D eigenvalue weighted by Gasteiger charge is -1.93. The Kier molecular flexibility index (Phi) is 1.72. The smallest absolute Gasteiger partial charge is 0.335 e. The van der Waals surface area contributed by atoms with Gasteiger partial charge < -0.3 is 10.1 Å². The zero-order valence-corrected chi connectivity index (χ0v) is 7.11. The number of aromatic carboxylic acids is 1. The zero-order chi connectivity index (χ0) is 10.1. The Labute approximate surface area is 79.4 Å². The number of fused-ring (bicyclic) bond motifs is 1. The minimum atomic E-state index is -0.972. The molecule has 0 aliphatic heterocycles. The number of carbonyl (C=O) groups is 1. The maximum absolute atomic E-state index is 10.6. The van der Waals surface area contributed by atoms with E-state index in [-0.39, 0.29) is 5.56 Å². The van der Waals surface area contributed by atoms with Gasteiger partial charge in [0.25, 0.3) is 0 Å². The van der Waals surface area contributed by atoms with Crippen molar-refractivity contribution in [1.82, 2.24) is 4.98 Å². The van der Waals surface area contributed by atoms with Crippen molar-refractivity contribution in [3.63, 3.8) is 0 Å². The molecule has 0 spiro atoms. The number of aromatic nitrogens is 1. The first-order valence-electron chi connectivity index (χ1n) is 3.97. The maximum Gasteiger partial charge on any atom is 0.335 e. The Morgan fingerprint density at radius 3 is 2.86 bits per heavy atom. The third-order valence-corrected chi connectivity index (χ3v) is 1.99. The summed E-state index contributed by atoms with van der Waals surface area (Å²) in [6.07, 6.45) is 0. The van der Waals surface area contributed by atoms with Crippen molar-refractivity contribution >= 4 is 16.9 Å². The molecule has 14 heavy (non-hydrogen) atoms. The van der Waals surface area contributed by atoms with Gasteiger partial charge >= 0.3 is 5.97 Å². The molecule has 0 radical (unpaired) electrons. The number of benzene rings is 1. The third-order valence-electron chi connectivity index (χ3n) is 1.99. The minimum Gasteiger partial charge on any atom is -0.478 e. The van der Waals surface area contributed by atoms with Crippen LogP contribution in [0.1, 0.15) is 16.1 Å². The van der Waals surface area contributed by atoms with Crippen molar-refractivity contribution in [2.45, 2.75) is 0 Å². The van der Waals surface area contributed by atoms with Crippen molar-refractivity contribution in [3.8, 4) is 6.07 Å². The number of nitriles is 1. The molecule has 2 N–H and O–H groups in total. The van der Waals surface area contributed by atoms with E-state index in [9.17, 15) is 4.79 Å². The van der Waals surface area contributed by atoms with E-state index in [1.54, 1.807) is 12.1 Å². The SMILES string of the molecule is N#Cc1cc2ccc(C(=O)O)cc2[nH]1. The van der Waals surface area contributed by atoms with Crippen LogP contribution in [0, 0.1) is 11.3 Å². The Hall–Kier alpha value is -2.28. The van der Waals surface area contributed by atoms with Crippen LogP contribution in [0.25, 0.3) is 10.9 Å². The summed E-state index contributed by atoms with van der Waals surface area (Å²) in [5.41, 5.74) is 1.31. The van der Waals surface area contributed by atoms with Crippen LogP contribution < -0.4 is 0 Å². The summed E-state index contributed by atoms with van der Waals surface area (Å²) in [6, 6.07) is 8.35. The first-order chi connectivity index (χ1) is 6.70. The van der Waals surface area contributed by atoms with Crippen LogP contribution in [0.3, 0.4) is 0 Å². The monoisotopic (exact) mass is 186 g/mol. The van der Waals surface area contributed by atoms with Crippen LogP contribution in [0.5, 0.6) is 0 Å². The highest BCUT2D eigenvalue weighted by molar-refractivity contribution is 5.93. The molecular formula is C10H6N2O2. The molecule has 2 rings (SSSR count). The van der Waals surface area contributed by atoms with E-state index in [2.05, 4.69) is 4.98 Å². The van der Waals surface area contributed by atoms with Crippen LogP contribution in [0.4, 0.5) is 0 Å². The molecule has 0 amide bonds. The zero-order valence-electron chi connectivity index (χ0n) is 7.11. The Bertz CT molecular complexity index is 549. The van der Waals surface area contributed by atoms with E-state index < -0.39 is 5.97 Å². The van der Waals surface area contributed by atoms with Crippen molar-refractivity contribution in [2.75, 3.05) is 0 Å². The number of H-pyrrole nitrogens is 1. The molecule has 0 saturated carbocycles. The van der Waals surface area contributed by atoms with Crippen molar-refractivity contribution < 1.29 is 9.90 Å². The number of hydrogen-bond acceptors (Lipinski definition) is 2. The first kappa shape index (κ1) is 8.32. The summed E-state index contributed by atoms with van der Waals surface area (Å²) < 4.78 is 0. The number of aromatic amines is 1. The molecule has 68 valence electrons. The highest BCUT2D eigenvalue weighted by Crippen LogP contribution is 2.16. The average molecular weight is 186 g/mol. The third kappa shape index (κ3) is 1.21. The van der Waals surface area contributed by atoms with Gasteiger partial charge in [-0.15, -0.1) is 0 Å². The van der Waals surface area contributed by atoms with E-state index >= 15 is 0 Å². The number of carboxylic acid groups (broad SMARTS) is 1. The molecule has 4 heteroatoms. The van der Waals surface area contributed by atoms with Gasteiger partial charge in [-0.25, -0.2) is 4.79 Å². The number of hydrogen-bond donors (Lipinski definition) is 2. The number of nitrogens with zero attached hydrogens (tertiary/aromatic N) is 1. The summed E-state index contributed by atoms with van der Waals surface area (Å²) >= 11 is 0. The summed E-state index contributed by atoms with van der Waals surface area (Å²) in [5.74, 6) is -0.972. The van der Waals surface area contributed by atoms with Crippen molar-refractivity contribution in [2.24, 2.45) is 0 Å². The van der Waals surface area contributed by atoms with Gasteiger partial charge in [-0.2, -0.15) is 5.26 Å². The fraction of sp³-hybridized carbons (Fsp3) is 0. The second-order valence-electron chi connectivity index (χ2n) is 2.90. The van der Waals surface area contributed by atoms with Crippen molar-refractivity contribution in [3.05, 3.63) is 35.5 Å². The number of carboxylic acids is 1. The second kappa shape index (κ2) is 2.89. The Morgan fingerprint density at radius 2 is 2.21 bits per heavy atom. The second-order valence-corrected chi connectivity index (χ2v) is 2.90. The molecule has 0 bridgehead atoms. The van der Waals surface area contributed by atoms with Crippen LogP contribution in [0.2, 0.25) is 0 Å². The fourth-order valence-electron chi connectivity index (χ4n) is 1.32. The fourth-order valence-corrected chi connectivity index (χ4v) is 1.32. The highest BCUT2D eigenvalue weighted by Gasteiger charge is 2.05. The quantitative estimate of drug-likeness (QED) is 0.712. The number of rotatable bonds is 1. The molecule has 0 unspecified atom stereocenters. The van der Waals surface area contributed by atoms with Crippen LogP contribution in [-0.2, 0) is 0 Å². The summed E-state index contributed by atoms with van der Waals surface area (Å²) in [6.45, 7) is 0. The predicted molar refractivity (Wildman–Crippen MR) is 50.0 cm³/mol. The molecule has 1 aromatic heterocycles. The lowest BCUT2D eigenvalue weighted by molar-refractivity contribution is 0.0697. The standard InChI is InChI=1S/C10H6N2O2/c11-5-8-3-6-1-2-7(10(13)14)4-9(6)12-8/h1-4,12H,(H,13,14). The molecule has 2 aromatic rings. The Morgan fingerprint density at radius 1 is 1.43 bits per heavy atom. The average Bonchev–Trinajstić information content (AvgIpc) is 2.58. The van der Waals surface area contributed by atoms with Gasteiger partial charge in [0, 0.05) is 10.9 Å². The topological polar surface area (TPSA) is 76.9 Å². The molecule has 4 nitrogen and oxygen atoms in total. The molecule has 1 heterocycles. The van der Waals surface area contributed by atoms with Crippen LogP contribution >= 0.6 is 0 Å². The van der Waals surface area contributed by atoms with Gasteiger partial charge in [0.2, 0.25) is 0 Å². The lowest BCUT2D eigenvalue weighted by atomic mass is 10.2. The van der Waals surface area contributed by atoms with Gasteiger partial charge in [-0.05, 0) is 18.2 Å². The van der Waals surface area contributed by atoms with E-state index in [1.807, 2.05) is 6.07 Å². The van der Waals surface area contributed by atoms with Gasteiger partial charge in [0.05, 0.1) is 5.56 Å². The van der Waals surface area contributed by atoms with E-state index in [0.717, 1.165) is 5.39 Å². The van der Waals surface area contributed by atoms with Gasteiger partial charge in [-0.1, -0.05) is 6.07 Å². The van der Waals surface area contributed by atoms with E-state index in [4.69, 9.17) is 10.4 Å². The van der Waals surface area contributed by atoms with Gasteiger partial charge in [0.1, 0.15) is 11.8 Å². The largest absolute Gasteiger partial charge is 0.478 e. The summed E-state index contributed by atoms with van der Waals surface area (Å²) in [7, 11) is 0. The minimum absolute atomic E-state index is 0.212. The molecule has 0 atom stereocenters. The Balaban J connectivity index is 2.66.